The minimum atomic E-state index is -0.963. The minimum absolute atomic E-state index is 0.0574. The third kappa shape index (κ3) is 3.36. The van der Waals surface area contributed by atoms with Crippen molar-refractivity contribution in [3.63, 3.8) is 0 Å². The van der Waals surface area contributed by atoms with Crippen LogP contribution in [0.25, 0.3) is 0 Å². The van der Waals surface area contributed by atoms with E-state index in [0.717, 1.165) is 32.2 Å². The van der Waals surface area contributed by atoms with E-state index < -0.39 is 12.1 Å². The van der Waals surface area contributed by atoms with Crippen LogP contribution in [0, 0.1) is 22.7 Å². The van der Waals surface area contributed by atoms with E-state index in [4.69, 9.17) is 10.00 Å². The minimum Gasteiger partial charge on any atom is -0.373 e. The Balaban J connectivity index is 1.28. The van der Waals surface area contributed by atoms with E-state index in [1.165, 1.54) is 0 Å². The van der Waals surface area contributed by atoms with Crippen molar-refractivity contribution < 1.29 is 13.9 Å². The van der Waals surface area contributed by atoms with Crippen LogP contribution in [0.1, 0.15) is 37.8 Å². The number of nitrogens with zero attached hydrogens (tertiary/aromatic N) is 3. The van der Waals surface area contributed by atoms with Crippen molar-refractivity contribution in [1.82, 2.24) is 15.5 Å². The molecule has 2 N–H and O–H groups in total. The van der Waals surface area contributed by atoms with Crippen molar-refractivity contribution in [2.24, 2.45) is 11.3 Å². The zero-order valence-electron chi connectivity index (χ0n) is 14.5. The zero-order valence-corrected chi connectivity index (χ0v) is 14.5. The maximum Gasteiger partial charge on any atom is 0.226 e. The SMILES string of the molecule is N#Cc1ccc(NCC23CCC(CNC(=O)C4CC4F)(CC2)OC3)nn1. The molecule has 1 amide bonds. The quantitative estimate of drug-likeness (QED) is 0.800. The highest BCUT2D eigenvalue weighted by Crippen LogP contribution is 2.48. The molecule has 1 aromatic rings. The molecule has 2 aliphatic heterocycles. The molecule has 8 heteroatoms. The van der Waals surface area contributed by atoms with Crippen LogP contribution in [0.15, 0.2) is 12.1 Å². The Morgan fingerprint density at radius 3 is 2.62 bits per heavy atom. The predicted octanol–water partition coefficient (Wildman–Crippen LogP) is 1.56. The number of carbonyl (C=O) groups is 1. The fraction of sp³-hybridized carbons (Fsp3) is 0.667. The van der Waals surface area contributed by atoms with Gasteiger partial charge in [-0.05, 0) is 44.2 Å². The highest BCUT2D eigenvalue weighted by Gasteiger charge is 2.50. The van der Waals surface area contributed by atoms with Crippen LogP contribution >= 0.6 is 0 Å². The van der Waals surface area contributed by atoms with Gasteiger partial charge < -0.3 is 15.4 Å². The lowest BCUT2D eigenvalue weighted by Gasteiger charge is -2.53. The molecule has 2 saturated carbocycles. The second kappa shape index (κ2) is 6.47. The van der Waals surface area contributed by atoms with Gasteiger partial charge in [0, 0.05) is 18.5 Å². The molecule has 1 aromatic heterocycles. The summed E-state index contributed by atoms with van der Waals surface area (Å²) in [7, 11) is 0. The number of anilines is 1. The fourth-order valence-corrected chi connectivity index (χ4v) is 3.87. The lowest BCUT2D eigenvalue weighted by Crippen LogP contribution is -2.58. The van der Waals surface area contributed by atoms with Crippen molar-refractivity contribution in [2.45, 2.75) is 43.9 Å². The Labute approximate surface area is 151 Å². The van der Waals surface area contributed by atoms with Gasteiger partial charge in [0.2, 0.25) is 5.91 Å². The van der Waals surface area contributed by atoms with Crippen LogP contribution in [0.5, 0.6) is 0 Å². The number of rotatable bonds is 6. The third-order valence-corrected chi connectivity index (χ3v) is 5.96. The summed E-state index contributed by atoms with van der Waals surface area (Å²) in [5.74, 6) is 0.0209. The first kappa shape index (κ1) is 17.2. The summed E-state index contributed by atoms with van der Waals surface area (Å²) in [6.07, 6.45) is 3.18. The molecule has 2 saturated heterocycles. The van der Waals surface area contributed by atoms with Crippen LogP contribution in [0.2, 0.25) is 0 Å². The van der Waals surface area contributed by atoms with E-state index in [2.05, 4.69) is 20.8 Å². The van der Waals surface area contributed by atoms with E-state index in [0.29, 0.717) is 31.1 Å². The predicted molar refractivity (Wildman–Crippen MR) is 90.8 cm³/mol. The maximum absolute atomic E-state index is 13.0. The van der Waals surface area contributed by atoms with Crippen LogP contribution in [0.4, 0.5) is 10.2 Å². The lowest BCUT2D eigenvalue weighted by atomic mass is 9.66. The van der Waals surface area contributed by atoms with Gasteiger partial charge in [-0.2, -0.15) is 5.26 Å². The highest BCUT2D eigenvalue weighted by molar-refractivity contribution is 5.82. The molecule has 5 rings (SSSR count). The van der Waals surface area contributed by atoms with Crippen LogP contribution in [0.3, 0.4) is 0 Å². The second-order valence-corrected chi connectivity index (χ2v) is 7.82. The standard InChI is InChI=1S/C18H22FN5O2/c19-14-7-13(14)16(25)22-10-18-5-3-17(4-6-18,11-26-18)9-21-15-2-1-12(8-20)23-24-15/h1-2,13-14H,3-7,9-11H2,(H,21,24)(H,22,25). The molecule has 2 bridgehead atoms. The Bertz CT molecular complexity index is 708. The number of aromatic nitrogens is 2. The van der Waals surface area contributed by atoms with Crippen molar-refractivity contribution >= 4 is 11.7 Å². The second-order valence-electron chi connectivity index (χ2n) is 7.82. The molecular formula is C18H22FN5O2. The molecule has 2 unspecified atom stereocenters. The van der Waals surface area contributed by atoms with E-state index >= 15 is 0 Å². The molecule has 26 heavy (non-hydrogen) atoms. The largest absolute Gasteiger partial charge is 0.373 e. The number of nitrogens with one attached hydrogen (secondary N) is 2. The van der Waals surface area contributed by atoms with E-state index in [1.54, 1.807) is 12.1 Å². The van der Waals surface area contributed by atoms with Crippen LogP contribution < -0.4 is 10.6 Å². The summed E-state index contributed by atoms with van der Waals surface area (Å²) in [6.45, 7) is 1.84. The van der Waals surface area contributed by atoms with E-state index in [1.807, 2.05) is 6.07 Å². The van der Waals surface area contributed by atoms with Crippen molar-refractivity contribution in [3.8, 4) is 6.07 Å². The van der Waals surface area contributed by atoms with Crippen molar-refractivity contribution in [2.75, 3.05) is 25.0 Å². The lowest BCUT2D eigenvalue weighted by molar-refractivity contribution is -0.177. The molecule has 4 fully saturated rings. The molecule has 4 aliphatic rings. The number of amides is 1. The molecule has 0 aromatic carbocycles. The smallest absolute Gasteiger partial charge is 0.226 e. The first-order valence-corrected chi connectivity index (χ1v) is 9.07. The van der Waals surface area contributed by atoms with Gasteiger partial charge in [0.1, 0.15) is 18.1 Å². The number of halogens is 1. The third-order valence-electron chi connectivity index (χ3n) is 5.96. The summed E-state index contributed by atoms with van der Waals surface area (Å²) < 4.78 is 19.1. The molecule has 7 nitrogen and oxygen atoms in total. The Morgan fingerprint density at radius 1 is 1.31 bits per heavy atom. The first-order chi connectivity index (χ1) is 12.5. The molecule has 2 aliphatic carbocycles. The summed E-state index contributed by atoms with van der Waals surface area (Å²) in [6, 6.07) is 5.34. The Morgan fingerprint density at radius 2 is 2.08 bits per heavy atom. The number of ether oxygens (including phenoxy) is 1. The number of alkyl halides is 1. The van der Waals surface area contributed by atoms with Gasteiger partial charge in [0.15, 0.2) is 5.69 Å². The Hall–Kier alpha value is -2.27. The van der Waals surface area contributed by atoms with Crippen LogP contribution in [-0.4, -0.2) is 47.6 Å². The normalized spacial score (nSPS) is 34.8. The van der Waals surface area contributed by atoms with Gasteiger partial charge in [0.25, 0.3) is 0 Å². The highest BCUT2D eigenvalue weighted by atomic mass is 19.1. The summed E-state index contributed by atoms with van der Waals surface area (Å²) in [4.78, 5) is 11.8. The number of carbonyl (C=O) groups excluding carboxylic acids is 1. The number of hydrogen-bond acceptors (Lipinski definition) is 6. The van der Waals surface area contributed by atoms with E-state index in [-0.39, 0.29) is 16.9 Å². The zero-order chi connectivity index (χ0) is 18.2. The van der Waals surface area contributed by atoms with Gasteiger partial charge in [-0.25, -0.2) is 4.39 Å². The van der Waals surface area contributed by atoms with E-state index in [9.17, 15) is 9.18 Å². The fourth-order valence-electron chi connectivity index (χ4n) is 3.87. The summed E-state index contributed by atoms with van der Waals surface area (Å²) in [5.41, 5.74) is 0.0540. The number of hydrogen-bond donors (Lipinski definition) is 2. The van der Waals surface area contributed by atoms with Gasteiger partial charge in [0.05, 0.1) is 18.1 Å². The molecule has 2 atom stereocenters. The first-order valence-electron chi connectivity index (χ1n) is 9.07. The van der Waals surface area contributed by atoms with Gasteiger partial charge in [-0.3, -0.25) is 4.79 Å². The average Bonchev–Trinajstić information content (AvgIpc) is 3.43. The molecule has 138 valence electrons. The van der Waals surface area contributed by atoms with Crippen molar-refractivity contribution in [1.29, 1.82) is 5.26 Å². The summed E-state index contributed by atoms with van der Waals surface area (Å²) in [5, 5.41) is 22.8. The van der Waals surface area contributed by atoms with Gasteiger partial charge in [-0.15, -0.1) is 10.2 Å². The maximum atomic E-state index is 13.0. The average molecular weight is 359 g/mol. The summed E-state index contributed by atoms with van der Waals surface area (Å²) >= 11 is 0. The molecule has 0 spiro atoms. The van der Waals surface area contributed by atoms with Gasteiger partial charge >= 0.3 is 0 Å². The molecule has 3 heterocycles. The van der Waals surface area contributed by atoms with Gasteiger partial charge in [-0.1, -0.05) is 0 Å². The topological polar surface area (TPSA) is 99.9 Å². The molecule has 0 radical (unpaired) electrons. The van der Waals surface area contributed by atoms with Crippen LogP contribution in [-0.2, 0) is 9.53 Å². The van der Waals surface area contributed by atoms with Crippen molar-refractivity contribution in [3.05, 3.63) is 17.8 Å². The molecular weight excluding hydrogens is 337 g/mol. The number of fused-ring (bicyclic) bond motifs is 3. The Kier molecular flexibility index (Phi) is 4.27. The number of nitriles is 1. The monoisotopic (exact) mass is 359 g/mol.